The SMILES string of the molecule is O=C1C(Cl)=C(c2ccc(Cl)cc2)C(=O)N1c1cccc(Cl)c1. The van der Waals surface area contributed by atoms with Crippen molar-refractivity contribution in [2.45, 2.75) is 0 Å². The van der Waals surface area contributed by atoms with Gasteiger partial charge in [0.05, 0.1) is 11.3 Å². The summed E-state index contributed by atoms with van der Waals surface area (Å²) in [6, 6.07) is 13.0. The second-order valence-corrected chi connectivity index (χ2v) is 5.87. The lowest BCUT2D eigenvalue weighted by Crippen LogP contribution is -2.31. The second kappa shape index (κ2) is 5.76. The molecular formula is C16H8Cl3NO2. The Hall–Kier alpha value is -1.81. The lowest BCUT2D eigenvalue weighted by atomic mass is 10.1. The molecule has 0 N–H and O–H groups in total. The van der Waals surface area contributed by atoms with Crippen molar-refractivity contribution in [3.8, 4) is 0 Å². The lowest BCUT2D eigenvalue weighted by molar-refractivity contribution is -0.119. The maximum Gasteiger partial charge on any atom is 0.277 e. The number of anilines is 1. The van der Waals surface area contributed by atoms with E-state index in [9.17, 15) is 9.59 Å². The van der Waals surface area contributed by atoms with E-state index in [2.05, 4.69) is 0 Å². The van der Waals surface area contributed by atoms with Crippen LogP contribution < -0.4 is 4.90 Å². The smallest absolute Gasteiger partial charge is 0.268 e. The van der Waals surface area contributed by atoms with Crippen LogP contribution in [0.15, 0.2) is 53.6 Å². The molecule has 2 amide bonds. The van der Waals surface area contributed by atoms with Crippen LogP contribution in [0, 0.1) is 0 Å². The van der Waals surface area contributed by atoms with Crippen molar-refractivity contribution < 1.29 is 9.59 Å². The van der Waals surface area contributed by atoms with E-state index in [0.29, 0.717) is 21.3 Å². The van der Waals surface area contributed by atoms with Gasteiger partial charge in [-0.25, -0.2) is 4.90 Å². The van der Waals surface area contributed by atoms with E-state index in [-0.39, 0.29) is 10.6 Å². The van der Waals surface area contributed by atoms with Crippen molar-refractivity contribution in [3.05, 3.63) is 69.2 Å². The number of nitrogens with zero attached hydrogens (tertiary/aromatic N) is 1. The number of halogens is 3. The molecule has 1 heterocycles. The number of benzene rings is 2. The zero-order chi connectivity index (χ0) is 15.9. The summed E-state index contributed by atoms with van der Waals surface area (Å²) in [5.41, 5.74) is 1.07. The molecule has 1 aliphatic heterocycles. The fourth-order valence-electron chi connectivity index (χ4n) is 2.22. The first-order chi connectivity index (χ1) is 10.5. The summed E-state index contributed by atoms with van der Waals surface area (Å²) in [6.45, 7) is 0. The minimum absolute atomic E-state index is 0.118. The van der Waals surface area contributed by atoms with Crippen LogP contribution in [-0.4, -0.2) is 11.8 Å². The van der Waals surface area contributed by atoms with Crippen LogP contribution in [0.25, 0.3) is 5.57 Å². The van der Waals surface area contributed by atoms with Crippen LogP contribution in [0.5, 0.6) is 0 Å². The third-order valence-electron chi connectivity index (χ3n) is 3.23. The Bertz CT molecular complexity index is 812. The molecule has 22 heavy (non-hydrogen) atoms. The van der Waals surface area contributed by atoms with E-state index in [1.54, 1.807) is 42.5 Å². The van der Waals surface area contributed by atoms with Gasteiger partial charge in [0.25, 0.3) is 11.8 Å². The van der Waals surface area contributed by atoms with Crippen LogP contribution >= 0.6 is 34.8 Å². The second-order valence-electron chi connectivity index (χ2n) is 4.62. The van der Waals surface area contributed by atoms with Crippen LogP contribution in [0.1, 0.15) is 5.56 Å². The Balaban J connectivity index is 2.05. The molecule has 110 valence electrons. The van der Waals surface area contributed by atoms with Crippen molar-refractivity contribution in [1.29, 1.82) is 0 Å². The van der Waals surface area contributed by atoms with Gasteiger partial charge in [0.2, 0.25) is 0 Å². The predicted octanol–water partition coefficient (Wildman–Crippen LogP) is 4.52. The van der Waals surface area contributed by atoms with Crippen LogP contribution in [-0.2, 0) is 9.59 Å². The fourth-order valence-corrected chi connectivity index (χ4v) is 2.80. The van der Waals surface area contributed by atoms with Gasteiger partial charge >= 0.3 is 0 Å². The highest BCUT2D eigenvalue weighted by Crippen LogP contribution is 2.35. The molecule has 3 nitrogen and oxygen atoms in total. The van der Waals surface area contributed by atoms with Gasteiger partial charge < -0.3 is 0 Å². The van der Waals surface area contributed by atoms with Crippen LogP contribution in [0.3, 0.4) is 0 Å². The predicted molar refractivity (Wildman–Crippen MR) is 88.2 cm³/mol. The average molecular weight is 353 g/mol. The molecular weight excluding hydrogens is 345 g/mol. The Morgan fingerprint density at radius 3 is 2.09 bits per heavy atom. The number of hydrogen-bond acceptors (Lipinski definition) is 2. The Kier molecular flexibility index (Phi) is 3.96. The van der Waals surface area contributed by atoms with Gasteiger partial charge in [-0.3, -0.25) is 9.59 Å². The lowest BCUT2D eigenvalue weighted by Gasteiger charge is -2.15. The van der Waals surface area contributed by atoms with E-state index in [0.717, 1.165) is 4.90 Å². The van der Waals surface area contributed by atoms with Crippen LogP contribution in [0.4, 0.5) is 5.69 Å². The largest absolute Gasteiger partial charge is 0.277 e. The molecule has 0 aliphatic carbocycles. The molecule has 0 fully saturated rings. The molecule has 2 aromatic carbocycles. The molecule has 0 spiro atoms. The molecule has 2 aromatic rings. The Morgan fingerprint density at radius 1 is 0.773 bits per heavy atom. The monoisotopic (exact) mass is 351 g/mol. The van der Waals surface area contributed by atoms with E-state index in [1.807, 2.05) is 0 Å². The number of hydrogen-bond donors (Lipinski definition) is 0. The van der Waals surface area contributed by atoms with Crippen molar-refractivity contribution in [2.75, 3.05) is 4.90 Å². The first-order valence-electron chi connectivity index (χ1n) is 6.29. The first-order valence-corrected chi connectivity index (χ1v) is 7.42. The maximum absolute atomic E-state index is 12.6. The number of carbonyl (C=O) groups is 2. The zero-order valence-electron chi connectivity index (χ0n) is 11.0. The third-order valence-corrected chi connectivity index (χ3v) is 4.06. The quantitative estimate of drug-likeness (QED) is 0.745. The summed E-state index contributed by atoms with van der Waals surface area (Å²) in [6.07, 6.45) is 0. The summed E-state index contributed by atoms with van der Waals surface area (Å²) in [7, 11) is 0. The number of amides is 2. The molecule has 3 rings (SSSR count). The van der Waals surface area contributed by atoms with E-state index in [1.165, 1.54) is 6.07 Å². The molecule has 0 radical (unpaired) electrons. The zero-order valence-corrected chi connectivity index (χ0v) is 13.3. The summed E-state index contributed by atoms with van der Waals surface area (Å²) >= 11 is 17.8. The molecule has 0 saturated heterocycles. The van der Waals surface area contributed by atoms with Gasteiger partial charge in [0.15, 0.2) is 0 Å². The summed E-state index contributed by atoms with van der Waals surface area (Å²) in [5, 5.41) is 0.838. The van der Waals surface area contributed by atoms with Gasteiger partial charge in [0.1, 0.15) is 5.03 Å². The molecule has 0 bridgehead atoms. The van der Waals surface area contributed by atoms with Gasteiger partial charge in [0, 0.05) is 10.0 Å². The van der Waals surface area contributed by atoms with Crippen molar-refractivity contribution >= 4 is 57.9 Å². The molecule has 0 aromatic heterocycles. The maximum atomic E-state index is 12.6. The molecule has 6 heteroatoms. The summed E-state index contributed by atoms with van der Waals surface area (Å²) in [4.78, 5) is 25.9. The normalized spacial score (nSPS) is 15.0. The Labute approximate surface area is 141 Å². The first kappa shape index (κ1) is 15.1. The molecule has 0 atom stereocenters. The highest BCUT2D eigenvalue weighted by molar-refractivity contribution is 6.60. The molecule has 0 unspecified atom stereocenters. The Morgan fingerprint density at radius 2 is 1.45 bits per heavy atom. The van der Waals surface area contributed by atoms with Crippen molar-refractivity contribution in [2.24, 2.45) is 0 Å². The highest BCUT2D eigenvalue weighted by Gasteiger charge is 2.39. The fraction of sp³-hybridized carbons (Fsp3) is 0. The van der Waals surface area contributed by atoms with E-state index in [4.69, 9.17) is 34.8 Å². The summed E-state index contributed by atoms with van der Waals surface area (Å²) < 4.78 is 0. The average Bonchev–Trinajstić information content (AvgIpc) is 2.71. The summed E-state index contributed by atoms with van der Waals surface area (Å²) in [5.74, 6) is -1.06. The van der Waals surface area contributed by atoms with Gasteiger partial charge in [-0.05, 0) is 35.9 Å². The van der Waals surface area contributed by atoms with Crippen molar-refractivity contribution in [3.63, 3.8) is 0 Å². The van der Waals surface area contributed by atoms with E-state index >= 15 is 0 Å². The minimum Gasteiger partial charge on any atom is -0.268 e. The van der Waals surface area contributed by atoms with Gasteiger partial charge in [-0.1, -0.05) is 53.0 Å². The molecule has 1 aliphatic rings. The third kappa shape index (κ3) is 2.52. The minimum atomic E-state index is -0.570. The van der Waals surface area contributed by atoms with Crippen LogP contribution in [0.2, 0.25) is 10.0 Å². The van der Waals surface area contributed by atoms with Gasteiger partial charge in [-0.15, -0.1) is 0 Å². The number of rotatable bonds is 2. The standard InChI is InChI=1S/C16H8Cl3NO2/c17-10-6-4-9(5-7-10)13-14(19)16(22)20(15(13)21)12-3-1-2-11(18)8-12/h1-8H. The molecule has 0 saturated carbocycles. The topological polar surface area (TPSA) is 37.4 Å². The van der Waals surface area contributed by atoms with Gasteiger partial charge in [-0.2, -0.15) is 0 Å². The van der Waals surface area contributed by atoms with E-state index < -0.39 is 11.8 Å². The number of imide groups is 1. The highest BCUT2D eigenvalue weighted by atomic mass is 35.5. The van der Waals surface area contributed by atoms with Crippen molar-refractivity contribution in [1.82, 2.24) is 0 Å². The number of carbonyl (C=O) groups excluding carboxylic acids is 2.